The van der Waals surface area contributed by atoms with Gasteiger partial charge in [-0.3, -0.25) is 4.79 Å². The van der Waals surface area contributed by atoms with E-state index in [2.05, 4.69) is 0 Å². The topological polar surface area (TPSA) is 77.2 Å². The predicted octanol–water partition coefficient (Wildman–Crippen LogP) is -1.14. The standard InChI is InChI=1S/C5H9NO3S/c6-4(7)5(1-2-5)3-10(8)9/h10H,1-3H2,(H2,6,7). The summed E-state index contributed by atoms with van der Waals surface area (Å²) in [6.45, 7) is 0. The van der Waals surface area contributed by atoms with Gasteiger partial charge >= 0.3 is 0 Å². The third-order valence-electron chi connectivity index (χ3n) is 1.81. The molecule has 10 heavy (non-hydrogen) atoms. The highest BCUT2D eigenvalue weighted by atomic mass is 32.2. The van der Waals surface area contributed by atoms with Crippen LogP contribution in [0, 0.1) is 5.41 Å². The fraction of sp³-hybridized carbons (Fsp3) is 0.800. The van der Waals surface area contributed by atoms with Gasteiger partial charge in [0, 0.05) is 0 Å². The van der Waals surface area contributed by atoms with Crippen molar-refractivity contribution in [3.05, 3.63) is 0 Å². The van der Waals surface area contributed by atoms with Gasteiger partial charge in [0.05, 0.1) is 11.2 Å². The molecular weight excluding hydrogens is 154 g/mol. The molecule has 0 heterocycles. The number of hydrogen-bond acceptors (Lipinski definition) is 3. The van der Waals surface area contributed by atoms with Gasteiger partial charge in [0.25, 0.3) is 0 Å². The SMILES string of the molecule is NC(=O)C1(C[SH](=O)=O)CC1. The van der Waals surface area contributed by atoms with Crippen molar-refractivity contribution < 1.29 is 13.2 Å². The molecule has 0 saturated heterocycles. The molecule has 1 fully saturated rings. The lowest BCUT2D eigenvalue weighted by molar-refractivity contribution is -0.122. The zero-order valence-electron chi connectivity index (χ0n) is 5.37. The fourth-order valence-corrected chi connectivity index (χ4v) is 1.85. The molecule has 0 aromatic carbocycles. The third-order valence-corrected chi connectivity index (χ3v) is 2.67. The van der Waals surface area contributed by atoms with E-state index in [4.69, 9.17) is 5.73 Å². The second-order valence-electron chi connectivity index (χ2n) is 2.64. The molecule has 1 rings (SSSR count). The normalized spacial score (nSPS) is 20.9. The summed E-state index contributed by atoms with van der Waals surface area (Å²) in [7, 11) is -2.46. The molecule has 4 nitrogen and oxygen atoms in total. The summed E-state index contributed by atoms with van der Waals surface area (Å²) in [6, 6.07) is 0. The number of primary amides is 1. The van der Waals surface area contributed by atoms with Gasteiger partial charge in [0.2, 0.25) is 5.91 Å². The van der Waals surface area contributed by atoms with E-state index in [0.29, 0.717) is 12.8 Å². The van der Waals surface area contributed by atoms with Crippen molar-refractivity contribution >= 4 is 16.6 Å². The molecule has 58 valence electrons. The first-order valence-electron chi connectivity index (χ1n) is 2.98. The van der Waals surface area contributed by atoms with Crippen LogP contribution in [0.25, 0.3) is 0 Å². The minimum atomic E-state index is -2.46. The number of rotatable bonds is 3. The van der Waals surface area contributed by atoms with Crippen molar-refractivity contribution in [1.29, 1.82) is 0 Å². The minimum absolute atomic E-state index is 0.0718. The van der Waals surface area contributed by atoms with Crippen molar-refractivity contribution in [2.24, 2.45) is 11.1 Å². The highest BCUT2D eigenvalue weighted by molar-refractivity contribution is 7.72. The molecule has 0 spiro atoms. The molecule has 2 N–H and O–H groups in total. The summed E-state index contributed by atoms with van der Waals surface area (Å²) in [6.07, 6.45) is 1.26. The Labute approximate surface area is 60.4 Å². The van der Waals surface area contributed by atoms with Crippen molar-refractivity contribution in [1.82, 2.24) is 0 Å². The largest absolute Gasteiger partial charge is 0.369 e. The van der Waals surface area contributed by atoms with Crippen LogP contribution in [0.5, 0.6) is 0 Å². The Morgan fingerprint density at radius 3 is 2.10 bits per heavy atom. The van der Waals surface area contributed by atoms with Gasteiger partial charge in [-0.05, 0) is 12.8 Å². The Morgan fingerprint density at radius 1 is 1.50 bits per heavy atom. The van der Waals surface area contributed by atoms with Gasteiger partial charge in [-0.25, -0.2) is 8.42 Å². The first kappa shape index (κ1) is 7.53. The zero-order valence-corrected chi connectivity index (χ0v) is 6.27. The molecule has 0 aliphatic heterocycles. The first-order valence-corrected chi connectivity index (χ1v) is 4.35. The van der Waals surface area contributed by atoms with Gasteiger partial charge in [-0.15, -0.1) is 0 Å². The molecule has 1 amide bonds. The highest BCUT2D eigenvalue weighted by Gasteiger charge is 2.49. The Hall–Kier alpha value is -0.580. The van der Waals surface area contributed by atoms with Crippen LogP contribution in [0.1, 0.15) is 12.8 Å². The number of nitrogens with two attached hydrogens (primary N) is 1. The Kier molecular flexibility index (Phi) is 1.68. The van der Waals surface area contributed by atoms with Gasteiger partial charge in [0.15, 0.2) is 0 Å². The van der Waals surface area contributed by atoms with Crippen LogP contribution in [0.3, 0.4) is 0 Å². The van der Waals surface area contributed by atoms with Crippen molar-refractivity contribution in [3.8, 4) is 0 Å². The van der Waals surface area contributed by atoms with Crippen LogP contribution >= 0.6 is 0 Å². The van der Waals surface area contributed by atoms with E-state index in [-0.39, 0.29) is 5.75 Å². The molecule has 0 aromatic rings. The monoisotopic (exact) mass is 163 g/mol. The number of carbonyl (C=O) groups is 1. The van der Waals surface area contributed by atoms with Crippen molar-refractivity contribution in [2.75, 3.05) is 5.75 Å². The quantitative estimate of drug-likeness (QED) is 0.516. The van der Waals surface area contributed by atoms with E-state index in [1.54, 1.807) is 0 Å². The van der Waals surface area contributed by atoms with Gasteiger partial charge in [-0.2, -0.15) is 0 Å². The lowest BCUT2D eigenvalue weighted by atomic mass is 10.1. The molecule has 5 heteroatoms. The molecule has 0 radical (unpaired) electrons. The van der Waals surface area contributed by atoms with E-state index < -0.39 is 22.0 Å². The van der Waals surface area contributed by atoms with Crippen LogP contribution in [-0.4, -0.2) is 20.1 Å². The van der Waals surface area contributed by atoms with E-state index in [0.717, 1.165) is 0 Å². The Bertz CT molecular complexity index is 221. The zero-order chi connectivity index (χ0) is 7.78. The maximum absolute atomic E-state index is 10.6. The van der Waals surface area contributed by atoms with Crippen LogP contribution in [-0.2, 0) is 15.5 Å². The summed E-state index contributed by atoms with van der Waals surface area (Å²) < 4.78 is 20.4. The second kappa shape index (κ2) is 2.23. The van der Waals surface area contributed by atoms with E-state index >= 15 is 0 Å². The molecular formula is C5H9NO3S. The maximum atomic E-state index is 10.6. The molecule has 0 unspecified atom stereocenters. The van der Waals surface area contributed by atoms with Crippen molar-refractivity contribution in [2.45, 2.75) is 12.8 Å². The van der Waals surface area contributed by atoms with Gasteiger partial charge in [0.1, 0.15) is 10.7 Å². The first-order chi connectivity index (χ1) is 4.57. The second-order valence-corrected chi connectivity index (χ2v) is 3.62. The molecule has 0 atom stereocenters. The number of thiol groups is 1. The molecule has 0 bridgehead atoms. The molecule has 1 aliphatic carbocycles. The van der Waals surface area contributed by atoms with Crippen LogP contribution in [0.15, 0.2) is 0 Å². The summed E-state index contributed by atoms with van der Waals surface area (Å²) >= 11 is 0. The maximum Gasteiger partial charge on any atom is 0.224 e. The third kappa shape index (κ3) is 1.29. The number of hydrogen-bond donors (Lipinski definition) is 2. The van der Waals surface area contributed by atoms with Crippen LogP contribution in [0.4, 0.5) is 0 Å². The molecule has 1 aliphatic rings. The minimum Gasteiger partial charge on any atom is -0.369 e. The summed E-state index contributed by atoms with van der Waals surface area (Å²) in [5, 5.41) is 0. The Morgan fingerprint density at radius 2 is 2.00 bits per heavy atom. The summed E-state index contributed by atoms with van der Waals surface area (Å²) in [5.74, 6) is -0.552. The Balaban J connectivity index is 2.62. The number of carbonyl (C=O) groups excluding carboxylic acids is 1. The van der Waals surface area contributed by atoms with E-state index in [1.807, 2.05) is 0 Å². The van der Waals surface area contributed by atoms with Crippen LogP contribution < -0.4 is 5.73 Å². The van der Waals surface area contributed by atoms with Gasteiger partial charge in [-0.1, -0.05) is 0 Å². The average molecular weight is 163 g/mol. The average Bonchev–Trinajstić information content (AvgIpc) is 2.46. The smallest absolute Gasteiger partial charge is 0.224 e. The lowest BCUT2D eigenvalue weighted by Crippen LogP contribution is -2.28. The predicted molar refractivity (Wildman–Crippen MR) is 36.0 cm³/mol. The van der Waals surface area contributed by atoms with Gasteiger partial charge < -0.3 is 5.73 Å². The van der Waals surface area contributed by atoms with E-state index in [1.165, 1.54) is 0 Å². The summed E-state index contributed by atoms with van der Waals surface area (Å²) in [5.41, 5.74) is 4.29. The number of amides is 1. The summed E-state index contributed by atoms with van der Waals surface area (Å²) in [4.78, 5) is 10.6. The highest BCUT2D eigenvalue weighted by Crippen LogP contribution is 2.45. The molecule has 0 aromatic heterocycles. The lowest BCUT2D eigenvalue weighted by Gasteiger charge is -2.02. The fourth-order valence-electron chi connectivity index (χ4n) is 0.880. The van der Waals surface area contributed by atoms with E-state index in [9.17, 15) is 13.2 Å². The molecule has 1 saturated carbocycles. The van der Waals surface area contributed by atoms with Crippen LogP contribution in [0.2, 0.25) is 0 Å². The van der Waals surface area contributed by atoms with Crippen molar-refractivity contribution in [3.63, 3.8) is 0 Å².